The van der Waals surface area contributed by atoms with Crippen LogP contribution < -0.4 is 10.5 Å². The Hall–Kier alpha value is -1.99. The number of hydrogen-bond acceptors (Lipinski definition) is 3. The molecule has 0 radical (unpaired) electrons. The van der Waals surface area contributed by atoms with Crippen LogP contribution in [0.2, 0.25) is 0 Å². The van der Waals surface area contributed by atoms with Gasteiger partial charge in [0.2, 0.25) is 0 Å². The second-order valence-electron chi connectivity index (χ2n) is 4.50. The second kappa shape index (κ2) is 5.79. The fourth-order valence-electron chi connectivity index (χ4n) is 1.86. The highest BCUT2D eigenvalue weighted by atomic mass is 32.2. The Kier molecular flexibility index (Phi) is 4.24. The molecule has 0 atom stereocenters. The molecular formula is C14H14F2N2O2S. The number of rotatable bonds is 4. The zero-order valence-electron chi connectivity index (χ0n) is 11.2. The van der Waals surface area contributed by atoms with Crippen molar-refractivity contribution in [3.8, 4) is 0 Å². The highest BCUT2D eigenvalue weighted by molar-refractivity contribution is 7.92. The number of hydrogen-bond donors (Lipinski definition) is 2. The van der Waals surface area contributed by atoms with E-state index < -0.39 is 21.7 Å². The molecule has 21 heavy (non-hydrogen) atoms. The van der Waals surface area contributed by atoms with Gasteiger partial charge >= 0.3 is 0 Å². The van der Waals surface area contributed by atoms with Crippen LogP contribution >= 0.6 is 0 Å². The van der Waals surface area contributed by atoms with Crippen molar-refractivity contribution in [2.75, 3.05) is 4.72 Å². The number of sulfonamides is 1. The smallest absolute Gasteiger partial charge is 0.262 e. The monoisotopic (exact) mass is 312 g/mol. The van der Waals surface area contributed by atoms with Crippen LogP contribution in [-0.2, 0) is 16.6 Å². The summed E-state index contributed by atoms with van der Waals surface area (Å²) in [5.41, 5.74) is 5.47. The van der Waals surface area contributed by atoms with E-state index >= 15 is 0 Å². The number of nitrogens with one attached hydrogen (secondary N) is 1. The maximum absolute atomic E-state index is 13.7. The first-order valence-electron chi connectivity index (χ1n) is 6.11. The van der Waals surface area contributed by atoms with Gasteiger partial charge in [0.1, 0.15) is 11.6 Å². The molecule has 3 N–H and O–H groups in total. The van der Waals surface area contributed by atoms with Crippen molar-refractivity contribution in [3.63, 3.8) is 0 Å². The van der Waals surface area contributed by atoms with E-state index in [1.54, 1.807) is 0 Å². The van der Waals surface area contributed by atoms with Gasteiger partial charge in [0.05, 0.1) is 10.6 Å². The zero-order chi connectivity index (χ0) is 15.6. The lowest BCUT2D eigenvalue weighted by molar-refractivity contribution is 0.590. The highest BCUT2D eigenvalue weighted by Gasteiger charge is 2.19. The molecule has 0 bridgehead atoms. The lowest BCUT2D eigenvalue weighted by Crippen LogP contribution is -2.15. The standard InChI is InChI=1S/C14H14F2N2O2S/c1-9-6-11(7-10(8-17)14(9)16)21(19,20)18-13-5-3-2-4-12(13)15/h2-7,18H,8,17H2,1H3. The molecule has 2 rings (SSSR count). The summed E-state index contributed by atoms with van der Waals surface area (Å²) in [4.78, 5) is -0.162. The van der Waals surface area contributed by atoms with Crippen molar-refractivity contribution in [3.05, 3.63) is 59.2 Å². The summed E-state index contributed by atoms with van der Waals surface area (Å²) in [5.74, 6) is -1.23. The molecule has 0 fully saturated rings. The van der Waals surface area contributed by atoms with Gasteiger partial charge in [-0.25, -0.2) is 17.2 Å². The Bertz CT molecular complexity index is 777. The molecule has 0 amide bonds. The number of aryl methyl sites for hydroxylation is 1. The normalized spacial score (nSPS) is 11.4. The van der Waals surface area contributed by atoms with Crippen LogP contribution in [0.3, 0.4) is 0 Å². The van der Waals surface area contributed by atoms with E-state index in [-0.39, 0.29) is 28.3 Å². The van der Waals surface area contributed by atoms with E-state index in [1.165, 1.54) is 31.2 Å². The van der Waals surface area contributed by atoms with Crippen LogP contribution in [0.4, 0.5) is 14.5 Å². The maximum Gasteiger partial charge on any atom is 0.262 e. The summed E-state index contributed by atoms with van der Waals surface area (Å²) in [5, 5.41) is 0. The van der Waals surface area contributed by atoms with Gasteiger partial charge in [0.15, 0.2) is 0 Å². The number of benzene rings is 2. The lowest BCUT2D eigenvalue weighted by Gasteiger charge is -2.11. The molecule has 4 nitrogen and oxygen atoms in total. The highest BCUT2D eigenvalue weighted by Crippen LogP contribution is 2.22. The average molecular weight is 312 g/mol. The first kappa shape index (κ1) is 15.4. The average Bonchev–Trinajstić information content (AvgIpc) is 2.44. The van der Waals surface area contributed by atoms with Crippen molar-refractivity contribution < 1.29 is 17.2 Å². The fraction of sp³-hybridized carbons (Fsp3) is 0.143. The van der Waals surface area contributed by atoms with Gasteiger partial charge in [-0.15, -0.1) is 0 Å². The first-order valence-corrected chi connectivity index (χ1v) is 7.60. The van der Waals surface area contributed by atoms with Crippen LogP contribution in [0.1, 0.15) is 11.1 Å². The predicted octanol–water partition coefficient (Wildman–Crippen LogP) is 2.53. The third-order valence-electron chi connectivity index (χ3n) is 2.95. The molecule has 0 aliphatic carbocycles. The van der Waals surface area contributed by atoms with Crippen LogP contribution in [0, 0.1) is 18.6 Å². The molecule has 0 heterocycles. The number of nitrogens with two attached hydrogens (primary N) is 1. The van der Waals surface area contributed by atoms with Gasteiger partial charge in [0.25, 0.3) is 10.0 Å². The number of halogens is 2. The van der Waals surface area contributed by atoms with E-state index in [4.69, 9.17) is 5.73 Å². The van der Waals surface area contributed by atoms with Gasteiger partial charge < -0.3 is 5.73 Å². The molecule has 0 spiro atoms. The molecule has 7 heteroatoms. The van der Waals surface area contributed by atoms with Crippen LogP contribution in [0.15, 0.2) is 41.3 Å². The molecule has 2 aromatic carbocycles. The Morgan fingerprint density at radius 1 is 1.19 bits per heavy atom. The SMILES string of the molecule is Cc1cc(S(=O)(=O)Nc2ccccc2F)cc(CN)c1F. The minimum atomic E-state index is -4.02. The summed E-state index contributed by atoms with van der Waals surface area (Å²) in [6, 6.07) is 7.71. The molecular weight excluding hydrogens is 298 g/mol. The number of anilines is 1. The molecule has 2 aromatic rings. The first-order chi connectivity index (χ1) is 9.85. The van der Waals surface area contributed by atoms with E-state index in [9.17, 15) is 17.2 Å². The van der Waals surface area contributed by atoms with Gasteiger partial charge in [-0.2, -0.15) is 0 Å². The van der Waals surface area contributed by atoms with Crippen molar-refractivity contribution >= 4 is 15.7 Å². The summed E-state index contributed by atoms with van der Waals surface area (Å²) in [7, 11) is -4.02. The third-order valence-corrected chi connectivity index (χ3v) is 4.30. The Morgan fingerprint density at radius 3 is 2.48 bits per heavy atom. The van der Waals surface area contributed by atoms with Gasteiger partial charge in [0, 0.05) is 12.1 Å². The molecule has 112 valence electrons. The molecule has 0 saturated heterocycles. The second-order valence-corrected chi connectivity index (χ2v) is 6.19. The van der Waals surface area contributed by atoms with E-state index in [1.807, 2.05) is 0 Å². The minimum absolute atomic E-state index is 0.0870. The Morgan fingerprint density at radius 2 is 1.86 bits per heavy atom. The van der Waals surface area contributed by atoms with Gasteiger partial charge in [-0.05, 0) is 36.8 Å². The molecule has 0 aliphatic rings. The fourth-order valence-corrected chi connectivity index (χ4v) is 3.06. The Labute approximate surface area is 121 Å². The van der Waals surface area contributed by atoms with Crippen LogP contribution in [0.5, 0.6) is 0 Å². The third kappa shape index (κ3) is 3.20. The zero-order valence-corrected chi connectivity index (χ0v) is 12.0. The van der Waals surface area contributed by atoms with Crippen LogP contribution in [-0.4, -0.2) is 8.42 Å². The quantitative estimate of drug-likeness (QED) is 0.911. The summed E-state index contributed by atoms with van der Waals surface area (Å²) >= 11 is 0. The van der Waals surface area contributed by atoms with E-state index in [0.717, 1.165) is 12.1 Å². The van der Waals surface area contributed by atoms with E-state index in [0.29, 0.717) is 0 Å². The van der Waals surface area contributed by atoms with Crippen LogP contribution in [0.25, 0.3) is 0 Å². The lowest BCUT2D eigenvalue weighted by atomic mass is 10.1. The molecule has 0 unspecified atom stereocenters. The summed E-state index contributed by atoms with van der Waals surface area (Å²) < 4.78 is 53.8. The molecule has 0 aromatic heterocycles. The van der Waals surface area contributed by atoms with Crippen molar-refractivity contribution in [1.82, 2.24) is 0 Å². The predicted molar refractivity (Wildman–Crippen MR) is 76.2 cm³/mol. The molecule has 0 saturated carbocycles. The van der Waals surface area contributed by atoms with Gasteiger partial charge in [-0.1, -0.05) is 12.1 Å². The van der Waals surface area contributed by atoms with Crippen molar-refractivity contribution in [1.29, 1.82) is 0 Å². The Balaban J connectivity index is 2.45. The summed E-state index contributed by atoms with van der Waals surface area (Å²) in [6.07, 6.45) is 0. The van der Waals surface area contributed by atoms with Crippen molar-refractivity contribution in [2.24, 2.45) is 5.73 Å². The molecule has 0 aliphatic heterocycles. The topological polar surface area (TPSA) is 72.2 Å². The minimum Gasteiger partial charge on any atom is -0.326 e. The van der Waals surface area contributed by atoms with E-state index in [2.05, 4.69) is 4.72 Å². The summed E-state index contributed by atoms with van der Waals surface area (Å²) in [6.45, 7) is 1.31. The number of para-hydroxylation sites is 1. The van der Waals surface area contributed by atoms with Crippen molar-refractivity contribution in [2.45, 2.75) is 18.4 Å². The van der Waals surface area contributed by atoms with Gasteiger partial charge in [-0.3, -0.25) is 4.72 Å². The maximum atomic E-state index is 13.7. The largest absolute Gasteiger partial charge is 0.326 e.